The van der Waals surface area contributed by atoms with Gasteiger partial charge >= 0.3 is 23.9 Å². The molecule has 0 amide bonds. The molecule has 0 spiro atoms. The number of alkyl halides is 10. The summed E-state index contributed by atoms with van der Waals surface area (Å²) >= 11 is 3.45. The van der Waals surface area contributed by atoms with Crippen LogP contribution in [-0.2, 0) is 0 Å². The van der Waals surface area contributed by atoms with Crippen molar-refractivity contribution >= 4 is 15.9 Å². The van der Waals surface area contributed by atoms with Crippen molar-refractivity contribution in [3.8, 4) is 0 Å². The van der Waals surface area contributed by atoms with E-state index in [1.807, 2.05) is 0 Å². The van der Waals surface area contributed by atoms with Crippen LogP contribution < -0.4 is 0 Å². The molecule has 0 aromatic carbocycles. The highest BCUT2D eigenvalue weighted by Gasteiger charge is 2.81. The van der Waals surface area contributed by atoms with E-state index in [1.54, 1.807) is 0 Å². The quantitative estimate of drug-likeness (QED) is 0.0582. The average Bonchev–Trinajstić information content (AvgIpc) is 2.79. The lowest BCUT2D eigenvalue weighted by Gasteiger charge is -2.33. The van der Waals surface area contributed by atoms with Gasteiger partial charge in [0, 0.05) is 11.8 Å². The summed E-state index contributed by atoms with van der Waals surface area (Å²) in [6.07, 6.45) is 11.8. The fourth-order valence-corrected chi connectivity index (χ4v) is 4.58. The summed E-state index contributed by atoms with van der Waals surface area (Å²) in [4.78, 5) is 0. The minimum atomic E-state index is -6.78. The Morgan fingerprint density at radius 3 is 0.833 bits per heavy atom. The van der Waals surface area contributed by atoms with Gasteiger partial charge in [-0.3, -0.25) is 0 Å². The van der Waals surface area contributed by atoms with Crippen LogP contribution in [-0.4, -0.2) is 29.3 Å². The SMILES string of the molecule is FC(F)(F)C(F)(F)C(F)(F)C(F)(F)CCCCCCCCCCCCCCCCCCCCCCBr. The molecule has 0 atom stereocenters. The fourth-order valence-electron chi connectivity index (χ4n) is 4.19. The van der Waals surface area contributed by atoms with E-state index in [-0.39, 0.29) is 6.42 Å². The van der Waals surface area contributed by atoms with Gasteiger partial charge in [-0.05, 0) is 12.8 Å². The van der Waals surface area contributed by atoms with Crippen LogP contribution in [0.1, 0.15) is 135 Å². The number of hydrogen-bond donors (Lipinski definition) is 0. The van der Waals surface area contributed by atoms with Gasteiger partial charge in [-0.25, -0.2) is 0 Å². The molecule has 36 heavy (non-hydrogen) atoms. The molecule has 218 valence electrons. The van der Waals surface area contributed by atoms with E-state index in [9.17, 15) is 39.5 Å². The Morgan fingerprint density at radius 1 is 0.333 bits per heavy atom. The van der Waals surface area contributed by atoms with Crippen LogP contribution in [0.3, 0.4) is 0 Å². The molecule has 0 radical (unpaired) electrons. The molecule has 0 nitrogen and oxygen atoms in total. The average molecular weight is 608 g/mol. The lowest BCUT2D eigenvalue weighted by Crippen LogP contribution is -2.60. The van der Waals surface area contributed by atoms with Crippen LogP contribution in [0.4, 0.5) is 39.5 Å². The molecule has 0 saturated heterocycles. The first-order chi connectivity index (χ1) is 16.8. The molecule has 0 aliphatic carbocycles. The molecule has 0 bridgehead atoms. The van der Waals surface area contributed by atoms with Gasteiger partial charge in [0.2, 0.25) is 0 Å². The third-order valence-electron chi connectivity index (χ3n) is 6.58. The summed E-state index contributed by atoms with van der Waals surface area (Å²) in [5.74, 6) is -18.7. The van der Waals surface area contributed by atoms with E-state index in [0.29, 0.717) is 12.8 Å². The predicted octanol–water partition coefficient (Wildman–Crippen LogP) is 12.0. The molecule has 0 fully saturated rings. The second-order valence-electron chi connectivity index (χ2n) is 9.86. The van der Waals surface area contributed by atoms with Gasteiger partial charge in [-0.15, -0.1) is 0 Å². The summed E-state index contributed by atoms with van der Waals surface area (Å²) < 4.78 is 115. The van der Waals surface area contributed by atoms with Crippen LogP contribution in [0.5, 0.6) is 0 Å². The van der Waals surface area contributed by atoms with E-state index in [1.165, 1.54) is 77.0 Å². The van der Waals surface area contributed by atoms with Crippen molar-refractivity contribution in [2.75, 3.05) is 5.33 Å². The van der Waals surface area contributed by atoms with Crippen molar-refractivity contribution in [1.29, 1.82) is 0 Å². The van der Waals surface area contributed by atoms with Gasteiger partial charge in [0.15, 0.2) is 0 Å². The van der Waals surface area contributed by atoms with E-state index in [4.69, 9.17) is 0 Å². The van der Waals surface area contributed by atoms with Crippen molar-refractivity contribution in [2.45, 2.75) is 159 Å². The first kappa shape index (κ1) is 35.9. The smallest absolute Gasteiger partial charge is 0.200 e. The van der Waals surface area contributed by atoms with Crippen LogP contribution in [0, 0.1) is 0 Å². The minimum absolute atomic E-state index is 0.0837. The van der Waals surface area contributed by atoms with Crippen molar-refractivity contribution in [1.82, 2.24) is 0 Å². The fraction of sp³-hybridized carbons (Fsp3) is 1.00. The molecule has 0 saturated carbocycles. The summed E-state index contributed by atoms with van der Waals surface area (Å²) in [5, 5.41) is 1.10. The van der Waals surface area contributed by atoms with Crippen LogP contribution in [0.25, 0.3) is 0 Å². The number of halogens is 10. The zero-order valence-electron chi connectivity index (χ0n) is 21.3. The Bertz CT molecular complexity index is 522. The van der Waals surface area contributed by atoms with Gasteiger partial charge in [0.1, 0.15) is 0 Å². The zero-order valence-corrected chi connectivity index (χ0v) is 22.9. The molecule has 0 aliphatic heterocycles. The van der Waals surface area contributed by atoms with E-state index in [2.05, 4.69) is 15.9 Å². The third-order valence-corrected chi connectivity index (χ3v) is 7.14. The second-order valence-corrected chi connectivity index (χ2v) is 10.7. The third kappa shape index (κ3) is 14.1. The van der Waals surface area contributed by atoms with Gasteiger partial charge < -0.3 is 0 Å². The van der Waals surface area contributed by atoms with Crippen LogP contribution >= 0.6 is 15.9 Å². The molecular weight excluding hydrogens is 563 g/mol. The monoisotopic (exact) mass is 606 g/mol. The number of unbranched alkanes of at least 4 members (excludes halogenated alkanes) is 19. The Morgan fingerprint density at radius 2 is 0.583 bits per heavy atom. The molecule has 0 heterocycles. The molecule has 0 unspecified atom stereocenters. The summed E-state index contributed by atoms with van der Waals surface area (Å²) in [5.41, 5.74) is 0. The lowest BCUT2D eigenvalue weighted by atomic mass is 9.97. The Kier molecular flexibility index (Phi) is 18.9. The first-order valence-corrected chi connectivity index (χ1v) is 14.7. The molecule has 0 N–H and O–H groups in total. The summed E-state index contributed by atoms with van der Waals surface area (Å²) in [7, 11) is 0. The van der Waals surface area contributed by atoms with E-state index >= 15 is 0 Å². The Labute approximate surface area is 219 Å². The maximum Gasteiger partial charge on any atom is 0.460 e. The van der Waals surface area contributed by atoms with Gasteiger partial charge in [-0.1, -0.05) is 132 Å². The maximum atomic E-state index is 13.4. The van der Waals surface area contributed by atoms with Crippen molar-refractivity contribution in [2.24, 2.45) is 0 Å². The molecule has 10 heteroatoms. The van der Waals surface area contributed by atoms with Crippen LogP contribution in [0.2, 0.25) is 0 Å². The Balaban J connectivity index is 3.59. The zero-order chi connectivity index (χ0) is 27.6. The van der Waals surface area contributed by atoms with Gasteiger partial charge in [-0.2, -0.15) is 39.5 Å². The maximum absolute atomic E-state index is 13.4. The molecular formula is C26H44BrF9. The standard InChI is InChI=1S/C26H44BrF9/c27-22-20-18-16-14-12-10-8-6-4-2-1-3-5-7-9-11-13-15-17-19-21-23(28,29)24(30,31)25(32,33)26(34,35)36/h1-22H2. The topological polar surface area (TPSA) is 0 Å². The molecule has 0 aromatic rings. The highest BCUT2D eigenvalue weighted by Crippen LogP contribution is 2.54. The van der Waals surface area contributed by atoms with E-state index in [0.717, 1.165) is 31.0 Å². The van der Waals surface area contributed by atoms with Crippen LogP contribution in [0.15, 0.2) is 0 Å². The van der Waals surface area contributed by atoms with Crippen molar-refractivity contribution < 1.29 is 39.5 Å². The number of rotatable bonds is 24. The highest BCUT2D eigenvalue weighted by atomic mass is 79.9. The summed E-state index contributed by atoms with van der Waals surface area (Å²) in [6.45, 7) is 0. The summed E-state index contributed by atoms with van der Waals surface area (Å²) in [6, 6.07) is 0. The van der Waals surface area contributed by atoms with Crippen molar-refractivity contribution in [3.63, 3.8) is 0 Å². The highest BCUT2D eigenvalue weighted by molar-refractivity contribution is 9.09. The minimum Gasteiger partial charge on any atom is -0.200 e. The van der Waals surface area contributed by atoms with E-state index < -0.39 is 36.8 Å². The predicted molar refractivity (Wildman–Crippen MR) is 132 cm³/mol. The normalized spacial score (nSPS) is 13.5. The Hall–Kier alpha value is -0.150. The molecule has 0 rings (SSSR count). The first-order valence-electron chi connectivity index (χ1n) is 13.6. The lowest BCUT2D eigenvalue weighted by molar-refractivity contribution is -0.396. The second kappa shape index (κ2) is 19.0. The molecule has 0 aliphatic rings. The van der Waals surface area contributed by atoms with Gasteiger partial charge in [0.25, 0.3) is 0 Å². The molecule has 0 aromatic heterocycles. The number of hydrogen-bond acceptors (Lipinski definition) is 0. The van der Waals surface area contributed by atoms with Gasteiger partial charge in [0.05, 0.1) is 0 Å². The largest absolute Gasteiger partial charge is 0.460 e. The van der Waals surface area contributed by atoms with Crippen molar-refractivity contribution in [3.05, 3.63) is 0 Å².